The van der Waals surface area contributed by atoms with E-state index in [9.17, 15) is 14.4 Å². The van der Waals surface area contributed by atoms with E-state index in [-0.39, 0.29) is 17.9 Å². The Morgan fingerprint density at radius 3 is 2.70 bits per heavy atom. The predicted molar refractivity (Wildman–Crippen MR) is 71.0 cm³/mol. The average molecular weight is 283 g/mol. The summed E-state index contributed by atoms with van der Waals surface area (Å²) in [6, 6.07) is -0.102. The summed E-state index contributed by atoms with van der Waals surface area (Å²) in [4.78, 5) is 35.3. The highest BCUT2D eigenvalue weighted by Crippen LogP contribution is 2.16. The van der Waals surface area contributed by atoms with Gasteiger partial charge in [0, 0.05) is 19.6 Å². The maximum Gasteiger partial charge on any atom is 0.394 e. The number of carbonyl (C=O) groups is 3. The molecule has 7 nitrogen and oxygen atoms in total. The molecule has 2 rings (SSSR count). The molecule has 0 aliphatic carbocycles. The largest absolute Gasteiger partial charge is 0.474 e. The van der Waals surface area contributed by atoms with Gasteiger partial charge in [-0.1, -0.05) is 0 Å². The minimum Gasteiger partial charge on any atom is -0.474 e. The van der Waals surface area contributed by atoms with Crippen LogP contribution < -0.4 is 10.6 Å². The van der Waals surface area contributed by atoms with Crippen LogP contribution in [0, 0.1) is 5.92 Å². The molecule has 2 aliphatic rings. The van der Waals surface area contributed by atoms with Gasteiger partial charge in [0.25, 0.3) is 0 Å². The highest BCUT2D eigenvalue weighted by atomic mass is 16.4. The Kier molecular flexibility index (Phi) is 4.94. The molecule has 0 saturated carbocycles. The van der Waals surface area contributed by atoms with E-state index in [0.717, 1.165) is 32.2 Å². The third kappa shape index (κ3) is 3.69. The molecule has 2 aliphatic heterocycles. The topological polar surface area (TPSA) is 98.7 Å². The molecule has 2 fully saturated rings. The lowest BCUT2D eigenvalue weighted by Crippen LogP contribution is -2.48. The molecule has 0 radical (unpaired) electrons. The molecule has 20 heavy (non-hydrogen) atoms. The molecule has 112 valence electrons. The van der Waals surface area contributed by atoms with E-state index < -0.39 is 11.9 Å². The highest BCUT2D eigenvalue weighted by molar-refractivity contribution is 6.31. The molecule has 7 heteroatoms. The van der Waals surface area contributed by atoms with Gasteiger partial charge in [-0.25, -0.2) is 4.79 Å². The van der Waals surface area contributed by atoms with Gasteiger partial charge in [0.05, 0.1) is 6.04 Å². The van der Waals surface area contributed by atoms with Gasteiger partial charge in [-0.3, -0.25) is 9.59 Å². The first-order valence-corrected chi connectivity index (χ1v) is 7.11. The van der Waals surface area contributed by atoms with Crippen LogP contribution in [0.15, 0.2) is 0 Å². The van der Waals surface area contributed by atoms with Crippen LogP contribution in [-0.4, -0.2) is 60.0 Å². The van der Waals surface area contributed by atoms with Crippen LogP contribution in [0.3, 0.4) is 0 Å². The van der Waals surface area contributed by atoms with Crippen LogP contribution in [0.5, 0.6) is 0 Å². The fraction of sp³-hybridized carbons (Fsp3) is 0.769. The molecule has 2 saturated heterocycles. The number of nitrogens with one attached hydrogen (secondary N) is 2. The first-order chi connectivity index (χ1) is 9.58. The summed E-state index contributed by atoms with van der Waals surface area (Å²) in [5.41, 5.74) is 0. The Balaban J connectivity index is 1.76. The van der Waals surface area contributed by atoms with Crippen molar-refractivity contribution in [2.24, 2.45) is 5.92 Å². The lowest BCUT2D eigenvalue weighted by atomic mass is 9.97. The minimum absolute atomic E-state index is 0.00387. The third-order valence-electron chi connectivity index (χ3n) is 3.93. The first kappa shape index (κ1) is 14.8. The zero-order chi connectivity index (χ0) is 14.5. The average Bonchev–Trinajstić information content (AvgIpc) is 2.98. The quantitative estimate of drug-likeness (QED) is 0.588. The molecule has 0 bridgehead atoms. The van der Waals surface area contributed by atoms with Crippen LogP contribution in [0.25, 0.3) is 0 Å². The summed E-state index contributed by atoms with van der Waals surface area (Å²) in [5, 5.41) is 14.7. The van der Waals surface area contributed by atoms with Gasteiger partial charge < -0.3 is 20.6 Å². The minimum atomic E-state index is -1.41. The summed E-state index contributed by atoms with van der Waals surface area (Å²) >= 11 is 0. The second-order valence-electron chi connectivity index (χ2n) is 5.46. The predicted octanol–water partition coefficient (Wildman–Crippen LogP) is -0.822. The molecular formula is C13H21N3O4. The SMILES string of the molecule is O=C(O)C(=O)N1CCC[C@@H](CNC(=O)[C@H]2CCCN2)C1. The van der Waals surface area contributed by atoms with Crippen LogP contribution in [-0.2, 0) is 14.4 Å². The lowest BCUT2D eigenvalue weighted by Gasteiger charge is -2.31. The van der Waals surface area contributed by atoms with Crippen molar-refractivity contribution in [1.29, 1.82) is 0 Å². The number of aliphatic carboxylic acids is 1. The van der Waals surface area contributed by atoms with Crippen molar-refractivity contribution in [1.82, 2.24) is 15.5 Å². The Morgan fingerprint density at radius 1 is 1.25 bits per heavy atom. The number of carboxylic acids is 1. The van der Waals surface area contributed by atoms with Crippen LogP contribution in [0.2, 0.25) is 0 Å². The van der Waals surface area contributed by atoms with E-state index >= 15 is 0 Å². The van der Waals surface area contributed by atoms with Gasteiger partial charge in [-0.05, 0) is 38.1 Å². The second kappa shape index (κ2) is 6.69. The van der Waals surface area contributed by atoms with E-state index in [0.29, 0.717) is 19.6 Å². The molecule has 2 heterocycles. The maximum atomic E-state index is 11.9. The number of hydrogen-bond acceptors (Lipinski definition) is 4. The van der Waals surface area contributed by atoms with Gasteiger partial charge in [-0.15, -0.1) is 0 Å². The van der Waals surface area contributed by atoms with E-state index in [1.807, 2.05) is 0 Å². The van der Waals surface area contributed by atoms with Crippen LogP contribution in [0.4, 0.5) is 0 Å². The van der Waals surface area contributed by atoms with E-state index in [1.165, 1.54) is 4.90 Å². The zero-order valence-electron chi connectivity index (χ0n) is 11.4. The smallest absolute Gasteiger partial charge is 0.394 e. The Morgan fingerprint density at radius 2 is 2.05 bits per heavy atom. The summed E-state index contributed by atoms with van der Waals surface area (Å²) in [5.74, 6) is -2.12. The fourth-order valence-corrected chi connectivity index (χ4v) is 2.83. The molecule has 0 aromatic heterocycles. The van der Waals surface area contributed by atoms with Crippen molar-refractivity contribution in [3.05, 3.63) is 0 Å². The van der Waals surface area contributed by atoms with Gasteiger partial charge >= 0.3 is 11.9 Å². The number of carboxylic acid groups (broad SMARTS) is 1. The van der Waals surface area contributed by atoms with Crippen molar-refractivity contribution in [2.75, 3.05) is 26.2 Å². The standard InChI is InChI=1S/C13H21N3O4/c17-11(10-4-1-5-14-10)15-7-9-3-2-6-16(8-9)12(18)13(19)20/h9-10,14H,1-8H2,(H,15,17)(H,19,20)/t9-,10+/m0/s1. The van der Waals surface area contributed by atoms with Gasteiger partial charge in [0.2, 0.25) is 5.91 Å². The molecule has 0 aromatic rings. The molecule has 0 spiro atoms. The number of likely N-dealkylation sites (tertiary alicyclic amines) is 1. The number of hydrogen-bond donors (Lipinski definition) is 3. The van der Waals surface area contributed by atoms with E-state index in [2.05, 4.69) is 10.6 Å². The number of carbonyl (C=O) groups excluding carboxylic acids is 2. The molecule has 0 aromatic carbocycles. The normalized spacial score (nSPS) is 26.3. The van der Waals surface area contributed by atoms with Crippen molar-refractivity contribution in [3.63, 3.8) is 0 Å². The third-order valence-corrected chi connectivity index (χ3v) is 3.93. The molecule has 2 atom stereocenters. The second-order valence-corrected chi connectivity index (χ2v) is 5.46. The summed E-state index contributed by atoms with van der Waals surface area (Å²) in [6.45, 7) is 2.27. The summed E-state index contributed by atoms with van der Waals surface area (Å²) in [6.07, 6.45) is 3.56. The zero-order valence-corrected chi connectivity index (χ0v) is 11.4. The first-order valence-electron chi connectivity index (χ1n) is 7.11. The van der Waals surface area contributed by atoms with Gasteiger partial charge in [0.1, 0.15) is 0 Å². The molecule has 2 amide bonds. The van der Waals surface area contributed by atoms with Crippen molar-refractivity contribution in [2.45, 2.75) is 31.7 Å². The van der Waals surface area contributed by atoms with Crippen molar-refractivity contribution < 1.29 is 19.5 Å². The maximum absolute atomic E-state index is 11.9. The highest BCUT2D eigenvalue weighted by Gasteiger charge is 2.28. The molecular weight excluding hydrogens is 262 g/mol. The molecule has 0 unspecified atom stereocenters. The number of piperidine rings is 1. The monoisotopic (exact) mass is 283 g/mol. The Hall–Kier alpha value is -1.63. The van der Waals surface area contributed by atoms with Crippen LogP contribution >= 0.6 is 0 Å². The molecule has 3 N–H and O–H groups in total. The van der Waals surface area contributed by atoms with E-state index in [1.54, 1.807) is 0 Å². The number of amides is 2. The summed E-state index contributed by atoms with van der Waals surface area (Å²) < 4.78 is 0. The Bertz CT molecular complexity index is 393. The van der Waals surface area contributed by atoms with Gasteiger partial charge in [0.15, 0.2) is 0 Å². The Labute approximate surface area is 117 Å². The van der Waals surface area contributed by atoms with Crippen LogP contribution in [0.1, 0.15) is 25.7 Å². The lowest BCUT2D eigenvalue weighted by molar-refractivity contribution is -0.156. The number of nitrogens with zero attached hydrogens (tertiary/aromatic N) is 1. The van der Waals surface area contributed by atoms with Crippen molar-refractivity contribution in [3.8, 4) is 0 Å². The van der Waals surface area contributed by atoms with E-state index in [4.69, 9.17) is 5.11 Å². The fourth-order valence-electron chi connectivity index (χ4n) is 2.83. The number of rotatable bonds is 3. The van der Waals surface area contributed by atoms with Crippen molar-refractivity contribution >= 4 is 17.8 Å². The summed E-state index contributed by atoms with van der Waals surface area (Å²) in [7, 11) is 0. The van der Waals surface area contributed by atoms with Gasteiger partial charge in [-0.2, -0.15) is 0 Å².